The minimum atomic E-state index is -0.499. The third-order valence-electron chi connectivity index (χ3n) is 1.54. The van der Waals surface area contributed by atoms with E-state index in [0.717, 1.165) is 4.47 Å². The van der Waals surface area contributed by atoms with Gasteiger partial charge in [-0.1, -0.05) is 15.9 Å². The number of carbonyl (C=O) groups excluding carboxylic acids is 1. The van der Waals surface area contributed by atoms with Gasteiger partial charge in [0.2, 0.25) is 0 Å². The summed E-state index contributed by atoms with van der Waals surface area (Å²) in [6, 6.07) is 5.26. The number of rotatable bonds is 2. The van der Waals surface area contributed by atoms with Crippen LogP contribution in [-0.4, -0.2) is 13.0 Å². The van der Waals surface area contributed by atoms with E-state index in [4.69, 9.17) is 11.2 Å². The number of hydrogen-bond acceptors (Lipinski definition) is 2. The van der Waals surface area contributed by atoms with Crippen molar-refractivity contribution in [1.29, 1.82) is 0 Å². The Kier molecular flexibility index (Phi) is 3.55. The number of hydrogen-bond donors (Lipinski definition) is 1. The SMILES string of the molecule is C#CC(=O)Nc1cc(Br)ccc1OC. The third-order valence-corrected chi connectivity index (χ3v) is 2.03. The molecule has 72 valence electrons. The molecule has 1 aromatic rings. The van der Waals surface area contributed by atoms with Gasteiger partial charge in [-0.2, -0.15) is 0 Å². The number of ether oxygens (including phenoxy) is 1. The molecule has 0 bridgehead atoms. The lowest BCUT2D eigenvalue weighted by Crippen LogP contribution is -2.09. The lowest BCUT2D eigenvalue weighted by molar-refractivity contribution is -0.111. The maximum atomic E-state index is 10.9. The summed E-state index contributed by atoms with van der Waals surface area (Å²) in [6.07, 6.45) is 4.93. The Balaban J connectivity index is 3.00. The van der Waals surface area contributed by atoms with Gasteiger partial charge in [-0.05, 0) is 24.1 Å². The van der Waals surface area contributed by atoms with Crippen molar-refractivity contribution in [3.05, 3.63) is 22.7 Å². The van der Waals surface area contributed by atoms with Crippen molar-refractivity contribution in [2.24, 2.45) is 0 Å². The van der Waals surface area contributed by atoms with Crippen LogP contribution in [0.3, 0.4) is 0 Å². The number of amides is 1. The summed E-state index contributed by atoms with van der Waals surface area (Å²) in [6.45, 7) is 0. The highest BCUT2D eigenvalue weighted by Crippen LogP contribution is 2.27. The Bertz CT molecular complexity index is 396. The summed E-state index contributed by atoms with van der Waals surface area (Å²) >= 11 is 3.28. The molecule has 0 atom stereocenters. The normalized spacial score (nSPS) is 8.93. The molecule has 0 radical (unpaired) electrons. The number of benzene rings is 1. The molecule has 0 saturated heterocycles. The van der Waals surface area contributed by atoms with Crippen LogP contribution in [0, 0.1) is 12.3 Å². The average molecular weight is 254 g/mol. The Morgan fingerprint density at radius 3 is 2.93 bits per heavy atom. The molecule has 0 heterocycles. The van der Waals surface area contributed by atoms with Crippen molar-refractivity contribution in [2.45, 2.75) is 0 Å². The second kappa shape index (κ2) is 4.68. The van der Waals surface area contributed by atoms with Gasteiger partial charge in [0, 0.05) is 4.47 Å². The van der Waals surface area contributed by atoms with Gasteiger partial charge < -0.3 is 10.1 Å². The monoisotopic (exact) mass is 253 g/mol. The maximum Gasteiger partial charge on any atom is 0.300 e. The van der Waals surface area contributed by atoms with E-state index in [9.17, 15) is 4.79 Å². The van der Waals surface area contributed by atoms with Crippen molar-refractivity contribution in [3.8, 4) is 18.1 Å². The van der Waals surface area contributed by atoms with Crippen LogP contribution >= 0.6 is 15.9 Å². The van der Waals surface area contributed by atoms with Gasteiger partial charge in [-0.15, -0.1) is 6.42 Å². The van der Waals surface area contributed by atoms with Gasteiger partial charge in [0.05, 0.1) is 12.8 Å². The Hall–Kier alpha value is -1.47. The van der Waals surface area contributed by atoms with E-state index in [0.29, 0.717) is 11.4 Å². The lowest BCUT2D eigenvalue weighted by Gasteiger charge is -2.08. The molecule has 1 aromatic carbocycles. The molecule has 1 N–H and O–H groups in total. The topological polar surface area (TPSA) is 38.3 Å². The highest BCUT2D eigenvalue weighted by molar-refractivity contribution is 9.10. The fourth-order valence-electron chi connectivity index (χ4n) is 0.936. The average Bonchev–Trinajstić information content (AvgIpc) is 2.18. The van der Waals surface area contributed by atoms with Crippen molar-refractivity contribution in [2.75, 3.05) is 12.4 Å². The Morgan fingerprint density at radius 2 is 2.36 bits per heavy atom. The predicted molar refractivity (Wildman–Crippen MR) is 58.2 cm³/mol. The third kappa shape index (κ3) is 2.51. The number of carbonyl (C=O) groups is 1. The van der Waals surface area contributed by atoms with E-state index in [1.54, 1.807) is 12.1 Å². The van der Waals surface area contributed by atoms with E-state index in [-0.39, 0.29) is 0 Å². The maximum absolute atomic E-state index is 10.9. The summed E-state index contributed by atoms with van der Waals surface area (Å²) in [5.74, 6) is 2.03. The second-order valence-corrected chi connectivity index (χ2v) is 3.36. The van der Waals surface area contributed by atoms with Crippen molar-refractivity contribution in [1.82, 2.24) is 0 Å². The van der Waals surface area contributed by atoms with E-state index in [1.807, 2.05) is 12.0 Å². The van der Waals surface area contributed by atoms with Crippen LogP contribution in [0.5, 0.6) is 5.75 Å². The molecule has 0 fully saturated rings. The van der Waals surface area contributed by atoms with Crippen molar-refractivity contribution < 1.29 is 9.53 Å². The second-order valence-electron chi connectivity index (χ2n) is 2.44. The van der Waals surface area contributed by atoms with Crippen LogP contribution in [-0.2, 0) is 4.79 Å². The van der Waals surface area contributed by atoms with Crippen LogP contribution in [0.15, 0.2) is 22.7 Å². The van der Waals surface area contributed by atoms with E-state index in [2.05, 4.69) is 21.2 Å². The minimum absolute atomic E-state index is 0.499. The quantitative estimate of drug-likeness (QED) is 0.820. The first kappa shape index (κ1) is 10.6. The molecule has 0 spiro atoms. The minimum Gasteiger partial charge on any atom is -0.495 e. The molecule has 0 unspecified atom stereocenters. The van der Waals surface area contributed by atoms with Crippen LogP contribution in [0.1, 0.15) is 0 Å². The van der Waals surface area contributed by atoms with Gasteiger partial charge >= 0.3 is 0 Å². The first-order valence-electron chi connectivity index (χ1n) is 3.78. The molecular formula is C10H8BrNO2. The highest BCUT2D eigenvalue weighted by Gasteiger charge is 2.05. The molecule has 0 aliphatic heterocycles. The van der Waals surface area contributed by atoms with E-state index in [1.165, 1.54) is 7.11 Å². The number of terminal acetylenes is 1. The van der Waals surface area contributed by atoms with Gasteiger partial charge in [-0.25, -0.2) is 0 Å². The molecule has 1 rings (SSSR count). The molecule has 3 nitrogen and oxygen atoms in total. The van der Waals surface area contributed by atoms with Gasteiger partial charge in [0.15, 0.2) is 0 Å². The Morgan fingerprint density at radius 1 is 1.64 bits per heavy atom. The largest absolute Gasteiger partial charge is 0.495 e. The fraction of sp³-hybridized carbons (Fsp3) is 0.100. The molecule has 0 aromatic heterocycles. The number of anilines is 1. The van der Waals surface area contributed by atoms with Crippen LogP contribution < -0.4 is 10.1 Å². The summed E-state index contributed by atoms with van der Waals surface area (Å²) in [4.78, 5) is 10.9. The molecule has 0 aliphatic carbocycles. The molecule has 0 saturated carbocycles. The zero-order valence-corrected chi connectivity index (χ0v) is 9.09. The zero-order chi connectivity index (χ0) is 10.6. The number of nitrogens with one attached hydrogen (secondary N) is 1. The smallest absolute Gasteiger partial charge is 0.300 e. The standard InChI is InChI=1S/C10H8BrNO2/c1-3-10(13)12-8-6-7(11)4-5-9(8)14-2/h1,4-6H,2H3,(H,12,13). The van der Waals surface area contributed by atoms with Crippen molar-refractivity contribution >= 4 is 27.5 Å². The predicted octanol–water partition coefficient (Wildman–Crippen LogP) is 2.03. The van der Waals surface area contributed by atoms with Crippen molar-refractivity contribution in [3.63, 3.8) is 0 Å². The van der Waals surface area contributed by atoms with E-state index >= 15 is 0 Å². The van der Waals surface area contributed by atoms with E-state index < -0.39 is 5.91 Å². The Labute approximate surface area is 90.6 Å². The van der Waals surface area contributed by atoms with Crippen LogP contribution in [0.2, 0.25) is 0 Å². The zero-order valence-electron chi connectivity index (χ0n) is 7.50. The van der Waals surface area contributed by atoms with Crippen LogP contribution in [0.4, 0.5) is 5.69 Å². The van der Waals surface area contributed by atoms with Gasteiger partial charge in [-0.3, -0.25) is 4.79 Å². The fourth-order valence-corrected chi connectivity index (χ4v) is 1.30. The summed E-state index contributed by atoms with van der Waals surface area (Å²) in [5, 5.41) is 2.52. The molecule has 1 amide bonds. The lowest BCUT2D eigenvalue weighted by atomic mass is 10.3. The highest BCUT2D eigenvalue weighted by atomic mass is 79.9. The molecule has 0 aliphatic rings. The molecule has 14 heavy (non-hydrogen) atoms. The summed E-state index contributed by atoms with van der Waals surface area (Å²) in [5.41, 5.74) is 0.546. The number of halogens is 1. The summed E-state index contributed by atoms with van der Waals surface area (Å²) in [7, 11) is 1.52. The van der Waals surface area contributed by atoms with Crippen LogP contribution in [0.25, 0.3) is 0 Å². The van der Waals surface area contributed by atoms with Gasteiger partial charge in [0.25, 0.3) is 5.91 Å². The number of methoxy groups -OCH3 is 1. The molecular weight excluding hydrogens is 246 g/mol. The van der Waals surface area contributed by atoms with Gasteiger partial charge in [0.1, 0.15) is 5.75 Å². The first-order chi connectivity index (χ1) is 6.67. The first-order valence-corrected chi connectivity index (χ1v) is 4.58. The summed E-state index contributed by atoms with van der Waals surface area (Å²) < 4.78 is 5.88. The molecule has 4 heteroatoms.